The Bertz CT molecular complexity index is 824. The number of aromatic nitrogens is 2. The Morgan fingerprint density at radius 1 is 1.11 bits per heavy atom. The van der Waals surface area contributed by atoms with Gasteiger partial charge in [-0.05, 0) is 39.8 Å². The summed E-state index contributed by atoms with van der Waals surface area (Å²) in [5, 5.41) is 12.5. The highest BCUT2D eigenvalue weighted by Gasteiger charge is 2.22. The number of ether oxygens (including phenoxy) is 2. The SMILES string of the molecule is COc1cc(OC)cc(-c2nnc(SC(C)C(=O)NC(=O)NC(C)(C)C)o2)c1. The predicted octanol–water partition coefficient (Wildman–Crippen LogP) is 2.86. The van der Waals surface area contributed by atoms with E-state index in [-0.39, 0.29) is 11.1 Å². The van der Waals surface area contributed by atoms with Crippen LogP contribution in [0.3, 0.4) is 0 Å². The Labute approximate surface area is 167 Å². The van der Waals surface area contributed by atoms with E-state index in [0.29, 0.717) is 17.1 Å². The number of benzene rings is 1. The summed E-state index contributed by atoms with van der Waals surface area (Å²) in [6.07, 6.45) is 0. The number of amides is 3. The van der Waals surface area contributed by atoms with Gasteiger partial charge in [-0.1, -0.05) is 11.8 Å². The van der Waals surface area contributed by atoms with Gasteiger partial charge in [0.2, 0.25) is 11.8 Å². The maximum Gasteiger partial charge on any atom is 0.321 e. The van der Waals surface area contributed by atoms with Crippen molar-refractivity contribution in [2.75, 3.05) is 14.2 Å². The summed E-state index contributed by atoms with van der Waals surface area (Å²) in [7, 11) is 3.09. The fourth-order valence-corrected chi connectivity index (χ4v) is 2.78. The normalized spacial score (nSPS) is 12.2. The van der Waals surface area contributed by atoms with Crippen LogP contribution >= 0.6 is 11.8 Å². The molecule has 152 valence electrons. The number of hydrogen-bond acceptors (Lipinski definition) is 8. The fraction of sp³-hybridized carbons (Fsp3) is 0.444. The van der Waals surface area contributed by atoms with E-state index >= 15 is 0 Å². The van der Waals surface area contributed by atoms with Gasteiger partial charge in [-0.25, -0.2) is 4.79 Å². The number of imide groups is 1. The van der Waals surface area contributed by atoms with E-state index in [1.54, 1.807) is 39.3 Å². The van der Waals surface area contributed by atoms with Crippen LogP contribution in [-0.4, -0.2) is 47.1 Å². The molecular weight excluding hydrogens is 384 g/mol. The van der Waals surface area contributed by atoms with Crippen LogP contribution in [-0.2, 0) is 4.79 Å². The van der Waals surface area contributed by atoms with E-state index in [9.17, 15) is 9.59 Å². The molecule has 0 spiro atoms. The summed E-state index contributed by atoms with van der Waals surface area (Å²) < 4.78 is 16.1. The van der Waals surface area contributed by atoms with E-state index in [4.69, 9.17) is 13.9 Å². The molecule has 0 saturated carbocycles. The minimum absolute atomic E-state index is 0.204. The molecule has 0 radical (unpaired) electrons. The van der Waals surface area contributed by atoms with Gasteiger partial charge in [0.25, 0.3) is 5.22 Å². The molecule has 0 aliphatic heterocycles. The Balaban J connectivity index is 2.04. The number of nitrogens with zero attached hydrogens (tertiary/aromatic N) is 2. The smallest absolute Gasteiger partial charge is 0.321 e. The van der Waals surface area contributed by atoms with Crippen molar-refractivity contribution in [3.63, 3.8) is 0 Å². The molecule has 1 heterocycles. The Morgan fingerprint density at radius 3 is 2.25 bits per heavy atom. The predicted molar refractivity (Wildman–Crippen MR) is 105 cm³/mol. The number of carbonyl (C=O) groups is 2. The molecule has 2 N–H and O–H groups in total. The minimum Gasteiger partial charge on any atom is -0.497 e. The second kappa shape index (κ2) is 8.96. The number of rotatable bonds is 6. The van der Waals surface area contributed by atoms with Crippen molar-refractivity contribution >= 4 is 23.7 Å². The van der Waals surface area contributed by atoms with Crippen molar-refractivity contribution in [2.45, 2.75) is 43.7 Å². The van der Waals surface area contributed by atoms with Crippen LogP contribution in [0.4, 0.5) is 4.79 Å². The van der Waals surface area contributed by atoms with E-state index in [1.807, 2.05) is 20.8 Å². The van der Waals surface area contributed by atoms with Crippen LogP contribution in [0.15, 0.2) is 27.8 Å². The molecule has 0 saturated heterocycles. The van der Waals surface area contributed by atoms with Crippen molar-refractivity contribution < 1.29 is 23.5 Å². The molecule has 1 atom stereocenters. The molecule has 1 unspecified atom stereocenters. The lowest BCUT2D eigenvalue weighted by atomic mass is 10.1. The molecule has 9 nitrogen and oxygen atoms in total. The molecule has 2 aromatic rings. The zero-order valence-corrected chi connectivity index (χ0v) is 17.5. The van der Waals surface area contributed by atoms with Crippen molar-refractivity contribution in [1.29, 1.82) is 0 Å². The van der Waals surface area contributed by atoms with Gasteiger partial charge in [-0.3, -0.25) is 10.1 Å². The summed E-state index contributed by atoms with van der Waals surface area (Å²) >= 11 is 1.05. The van der Waals surface area contributed by atoms with Gasteiger partial charge in [0, 0.05) is 17.2 Å². The number of carbonyl (C=O) groups excluding carboxylic acids is 2. The van der Waals surface area contributed by atoms with E-state index in [2.05, 4.69) is 20.8 Å². The topological polar surface area (TPSA) is 116 Å². The van der Waals surface area contributed by atoms with Crippen molar-refractivity contribution in [3.05, 3.63) is 18.2 Å². The lowest BCUT2D eigenvalue weighted by Gasteiger charge is -2.20. The monoisotopic (exact) mass is 408 g/mol. The lowest BCUT2D eigenvalue weighted by Crippen LogP contribution is -2.49. The highest BCUT2D eigenvalue weighted by atomic mass is 32.2. The van der Waals surface area contributed by atoms with Crippen LogP contribution in [0.1, 0.15) is 27.7 Å². The third-order valence-electron chi connectivity index (χ3n) is 3.38. The zero-order chi connectivity index (χ0) is 20.9. The van der Waals surface area contributed by atoms with Crippen LogP contribution in [0.5, 0.6) is 11.5 Å². The van der Waals surface area contributed by atoms with Crippen molar-refractivity contribution in [1.82, 2.24) is 20.8 Å². The molecule has 28 heavy (non-hydrogen) atoms. The molecule has 2 rings (SSSR count). The van der Waals surface area contributed by atoms with Gasteiger partial charge in [-0.2, -0.15) is 0 Å². The number of hydrogen-bond donors (Lipinski definition) is 2. The standard InChI is InChI=1S/C18H24N4O5S/c1-10(14(23)19-16(24)20-18(2,3)4)28-17-22-21-15(27-17)11-7-12(25-5)9-13(8-11)26-6/h7-10H,1-6H3,(H2,19,20,23,24). The molecule has 0 aliphatic carbocycles. The van der Waals surface area contributed by atoms with Crippen LogP contribution < -0.4 is 20.1 Å². The van der Waals surface area contributed by atoms with Crippen LogP contribution in [0.2, 0.25) is 0 Å². The van der Waals surface area contributed by atoms with Gasteiger partial charge in [0.1, 0.15) is 11.5 Å². The van der Waals surface area contributed by atoms with Gasteiger partial charge in [0.05, 0.1) is 19.5 Å². The second-order valence-corrected chi connectivity index (χ2v) is 8.22. The van der Waals surface area contributed by atoms with Gasteiger partial charge in [0.15, 0.2) is 0 Å². The van der Waals surface area contributed by atoms with Gasteiger partial charge < -0.3 is 19.2 Å². The van der Waals surface area contributed by atoms with Gasteiger partial charge in [-0.15, -0.1) is 10.2 Å². The molecule has 10 heteroatoms. The third-order valence-corrected chi connectivity index (χ3v) is 4.31. The summed E-state index contributed by atoms with van der Waals surface area (Å²) in [6, 6.07) is 4.64. The largest absolute Gasteiger partial charge is 0.497 e. The molecule has 0 aliphatic rings. The van der Waals surface area contributed by atoms with E-state index in [1.165, 1.54) is 0 Å². The molecular formula is C18H24N4O5S. The summed E-state index contributed by atoms with van der Waals surface area (Å²) in [6.45, 7) is 7.11. The van der Waals surface area contributed by atoms with Crippen molar-refractivity contribution in [2.24, 2.45) is 0 Å². The summed E-state index contributed by atoms with van der Waals surface area (Å²) in [4.78, 5) is 24.0. The number of nitrogens with one attached hydrogen (secondary N) is 2. The zero-order valence-electron chi connectivity index (χ0n) is 16.7. The van der Waals surface area contributed by atoms with Crippen LogP contribution in [0, 0.1) is 0 Å². The molecule has 0 fully saturated rings. The Hall–Kier alpha value is -2.75. The minimum atomic E-state index is -0.612. The average molecular weight is 408 g/mol. The summed E-state index contributed by atoms with van der Waals surface area (Å²) in [5.74, 6) is 0.964. The highest BCUT2D eigenvalue weighted by molar-refractivity contribution is 8.00. The number of methoxy groups -OCH3 is 2. The van der Waals surface area contributed by atoms with Gasteiger partial charge >= 0.3 is 6.03 Å². The van der Waals surface area contributed by atoms with E-state index in [0.717, 1.165) is 11.8 Å². The second-order valence-electron chi connectivity index (χ2n) is 6.93. The maximum absolute atomic E-state index is 12.2. The molecule has 3 amide bonds. The first-order valence-electron chi connectivity index (χ1n) is 8.48. The number of thioether (sulfide) groups is 1. The van der Waals surface area contributed by atoms with Crippen molar-refractivity contribution in [3.8, 4) is 23.0 Å². The Morgan fingerprint density at radius 2 is 1.71 bits per heavy atom. The average Bonchev–Trinajstić information content (AvgIpc) is 3.07. The first-order valence-corrected chi connectivity index (χ1v) is 9.36. The fourth-order valence-electron chi connectivity index (χ4n) is 2.10. The quantitative estimate of drug-likeness (QED) is 0.701. The van der Waals surface area contributed by atoms with E-state index < -0.39 is 22.7 Å². The molecule has 0 bridgehead atoms. The first-order chi connectivity index (χ1) is 13.1. The number of urea groups is 1. The van der Waals surface area contributed by atoms with Crippen LogP contribution in [0.25, 0.3) is 11.5 Å². The summed E-state index contributed by atoms with van der Waals surface area (Å²) in [5.41, 5.74) is 0.178. The highest BCUT2D eigenvalue weighted by Crippen LogP contribution is 2.31. The Kier molecular flexibility index (Phi) is 6.90. The third kappa shape index (κ3) is 6.15. The molecule has 1 aromatic carbocycles. The first kappa shape index (κ1) is 21.5. The molecule has 1 aromatic heterocycles. The lowest BCUT2D eigenvalue weighted by molar-refractivity contribution is -0.119. The maximum atomic E-state index is 12.2.